The summed E-state index contributed by atoms with van der Waals surface area (Å²) in [6, 6.07) is 10.7. The molecule has 0 heterocycles. The molecule has 0 saturated carbocycles. The molecule has 1 radical (unpaired) electrons. The Morgan fingerprint density at radius 1 is 1.00 bits per heavy atom. The second kappa shape index (κ2) is 4.79. The van der Waals surface area contributed by atoms with E-state index < -0.39 is 0 Å². The molecule has 49 valence electrons. The zero-order valence-electron chi connectivity index (χ0n) is 5.89. The van der Waals surface area contributed by atoms with E-state index in [1.165, 1.54) is 5.19 Å². The van der Waals surface area contributed by atoms with Crippen LogP contribution in [-0.4, -0.2) is 27.7 Å². The number of benzene rings is 1. The Hall–Kier alpha value is 0.0343. The minimum absolute atomic E-state index is 0. The molecule has 0 fully saturated rings. The van der Waals surface area contributed by atoms with Gasteiger partial charge in [0.25, 0.3) is 0 Å². The molecule has 0 nitrogen and oxygen atoms in total. The van der Waals surface area contributed by atoms with Gasteiger partial charge < -0.3 is 0 Å². The summed E-state index contributed by atoms with van der Waals surface area (Å²) in [7, 11) is -0.212. The van der Waals surface area contributed by atoms with Crippen molar-refractivity contribution >= 4 is 32.8 Å². The molecule has 10 heavy (non-hydrogen) atoms. The maximum absolute atomic E-state index is 2.31. The molecule has 2 heteroatoms. The van der Waals surface area contributed by atoms with Crippen LogP contribution in [0.5, 0.6) is 0 Å². The molecular weight excluding hydrogens is 131 g/mol. The topological polar surface area (TPSA) is 0 Å². The van der Waals surface area contributed by atoms with Crippen molar-refractivity contribution in [2.75, 3.05) is 0 Å². The fourth-order valence-electron chi connectivity index (χ4n) is 0.771. The van der Waals surface area contributed by atoms with E-state index in [9.17, 15) is 0 Å². The molecule has 1 aromatic rings. The van der Waals surface area contributed by atoms with Crippen molar-refractivity contribution in [1.82, 2.24) is 0 Å². The van der Waals surface area contributed by atoms with Crippen LogP contribution in [0.1, 0.15) is 0 Å². The summed E-state index contributed by atoms with van der Waals surface area (Å²) >= 11 is 0. The third-order valence-electron chi connectivity index (χ3n) is 1.35. The normalized spacial score (nSPS) is 9.10. The number of hydrogen-bond donors (Lipinski definition) is 0. The second-order valence-corrected chi connectivity index (χ2v) is 4.94. The van der Waals surface area contributed by atoms with Crippen molar-refractivity contribution in [2.45, 2.75) is 13.1 Å². The van der Waals surface area contributed by atoms with E-state index in [2.05, 4.69) is 43.4 Å². The van der Waals surface area contributed by atoms with Crippen molar-refractivity contribution in [3.05, 3.63) is 30.3 Å². The van der Waals surface area contributed by atoms with Gasteiger partial charge in [-0.3, -0.25) is 0 Å². The molecule has 0 aliphatic carbocycles. The summed E-state index contributed by atoms with van der Waals surface area (Å²) in [6.45, 7) is 4.61. The van der Waals surface area contributed by atoms with Gasteiger partial charge >= 0.3 is 18.9 Å². The summed E-state index contributed by atoms with van der Waals surface area (Å²) in [5.41, 5.74) is 0. The van der Waals surface area contributed by atoms with Crippen molar-refractivity contribution in [1.29, 1.82) is 0 Å². The Morgan fingerprint density at radius 3 is 1.80 bits per heavy atom. The predicted octanol–water partition coefficient (Wildman–Crippen LogP) is 0.999. The first-order chi connectivity index (χ1) is 4.30. The van der Waals surface area contributed by atoms with E-state index in [0.29, 0.717) is 0 Å². The Kier molecular flexibility index (Phi) is 4.81. The Bertz CT molecular complexity index is 172. The first-order valence-corrected chi connectivity index (χ1v) is 5.66. The fraction of sp³-hybridized carbons (Fsp3) is 0.250. The minimum atomic E-state index is -0.212. The summed E-state index contributed by atoms with van der Waals surface area (Å²) < 4.78 is 0. The van der Waals surface area contributed by atoms with Crippen molar-refractivity contribution in [2.24, 2.45) is 0 Å². The van der Waals surface area contributed by atoms with Crippen molar-refractivity contribution < 1.29 is 0 Å². The van der Waals surface area contributed by atoms with Crippen LogP contribution < -0.4 is 5.19 Å². The van der Waals surface area contributed by atoms with Gasteiger partial charge in [0, 0.05) is 0 Å². The maximum atomic E-state index is 2.31. The first-order valence-electron chi connectivity index (χ1n) is 3.16. The molecule has 1 aromatic carbocycles. The number of rotatable bonds is 1. The van der Waals surface area contributed by atoms with Gasteiger partial charge in [-0.25, -0.2) is 0 Å². The number of hydrogen-bond acceptors (Lipinski definition) is 0. The molecular formula is C8H12LiSi. The van der Waals surface area contributed by atoms with Crippen LogP contribution in [0, 0.1) is 0 Å². The molecule has 1 rings (SSSR count). The van der Waals surface area contributed by atoms with Crippen LogP contribution in [-0.2, 0) is 0 Å². The third-order valence-corrected chi connectivity index (χ3v) is 2.84. The monoisotopic (exact) mass is 143 g/mol. The van der Waals surface area contributed by atoms with Crippen LogP contribution >= 0.6 is 0 Å². The Morgan fingerprint density at radius 2 is 1.50 bits per heavy atom. The van der Waals surface area contributed by atoms with Gasteiger partial charge in [-0.1, -0.05) is 48.6 Å². The van der Waals surface area contributed by atoms with Gasteiger partial charge in [-0.2, -0.15) is 0 Å². The van der Waals surface area contributed by atoms with E-state index in [-0.39, 0.29) is 27.7 Å². The molecule has 0 saturated heterocycles. The molecule has 0 aliphatic rings. The van der Waals surface area contributed by atoms with Gasteiger partial charge in [0.05, 0.1) is 8.80 Å². The van der Waals surface area contributed by atoms with Crippen molar-refractivity contribution in [3.63, 3.8) is 0 Å². The predicted molar refractivity (Wildman–Crippen MR) is 50.7 cm³/mol. The average molecular weight is 143 g/mol. The van der Waals surface area contributed by atoms with Gasteiger partial charge in [0.2, 0.25) is 0 Å². The van der Waals surface area contributed by atoms with Gasteiger partial charge in [-0.15, -0.1) is 0 Å². The SMILES string of the molecule is C[Si](C)c1ccccc1.[LiH]. The van der Waals surface area contributed by atoms with Crippen LogP contribution in [0.2, 0.25) is 13.1 Å². The third kappa shape index (κ3) is 2.75. The fourth-order valence-corrected chi connectivity index (χ4v) is 1.63. The van der Waals surface area contributed by atoms with Crippen LogP contribution in [0.3, 0.4) is 0 Å². The zero-order chi connectivity index (χ0) is 6.69. The van der Waals surface area contributed by atoms with Crippen LogP contribution in [0.15, 0.2) is 30.3 Å². The van der Waals surface area contributed by atoms with Gasteiger partial charge in [0.1, 0.15) is 0 Å². The molecule has 0 spiro atoms. The van der Waals surface area contributed by atoms with Crippen LogP contribution in [0.4, 0.5) is 0 Å². The summed E-state index contributed by atoms with van der Waals surface area (Å²) in [5.74, 6) is 0. The zero-order valence-corrected chi connectivity index (χ0v) is 6.89. The molecule has 0 bridgehead atoms. The van der Waals surface area contributed by atoms with E-state index in [1.54, 1.807) is 0 Å². The average Bonchev–Trinajstić information content (AvgIpc) is 1.90. The molecule has 0 aromatic heterocycles. The van der Waals surface area contributed by atoms with E-state index in [1.807, 2.05) is 0 Å². The molecule has 0 amide bonds. The molecule has 0 N–H and O–H groups in total. The van der Waals surface area contributed by atoms with E-state index in [0.717, 1.165) is 0 Å². The summed E-state index contributed by atoms with van der Waals surface area (Å²) in [4.78, 5) is 0. The Balaban J connectivity index is 0.000000810. The van der Waals surface area contributed by atoms with Gasteiger partial charge in [0.15, 0.2) is 0 Å². The molecule has 0 unspecified atom stereocenters. The quantitative estimate of drug-likeness (QED) is 0.514. The van der Waals surface area contributed by atoms with Crippen molar-refractivity contribution in [3.8, 4) is 0 Å². The van der Waals surface area contributed by atoms with E-state index in [4.69, 9.17) is 0 Å². The summed E-state index contributed by atoms with van der Waals surface area (Å²) in [6.07, 6.45) is 0. The summed E-state index contributed by atoms with van der Waals surface area (Å²) in [5, 5.41) is 1.52. The standard InChI is InChI=1S/C8H11Si.Li.H/c1-9(2)8-6-4-3-5-7-8;;/h3-7H,1-2H3;;. The Labute approximate surface area is 76.4 Å². The second-order valence-electron chi connectivity index (χ2n) is 2.37. The van der Waals surface area contributed by atoms with Gasteiger partial charge in [-0.05, 0) is 0 Å². The molecule has 0 atom stereocenters. The van der Waals surface area contributed by atoms with E-state index >= 15 is 0 Å². The molecule has 0 aliphatic heterocycles. The van der Waals surface area contributed by atoms with Crippen LogP contribution in [0.25, 0.3) is 0 Å². The first kappa shape index (κ1) is 10.0.